The first-order valence-corrected chi connectivity index (χ1v) is 9.16. The summed E-state index contributed by atoms with van der Waals surface area (Å²) in [6.07, 6.45) is 6.90. The Morgan fingerprint density at radius 3 is 2.66 bits per heavy atom. The molecule has 4 aromatic rings. The molecule has 0 atom stereocenters. The van der Waals surface area contributed by atoms with Crippen molar-refractivity contribution in [2.75, 3.05) is 14.1 Å². The fourth-order valence-electron chi connectivity index (χ4n) is 3.75. The van der Waals surface area contributed by atoms with E-state index in [-0.39, 0.29) is 0 Å². The van der Waals surface area contributed by atoms with Crippen molar-refractivity contribution in [1.29, 1.82) is 0 Å². The molecule has 0 unspecified atom stereocenters. The van der Waals surface area contributed by atoms with Crippen LogP contribution in [0.3, 0.4) is 0 Å². The van der Waals surface area contributed by atoms with E-state index in [2.05, 4.69) is 20.3 Å². The highest BCUT2D eigenvalue weighted by Gasteiger charge is 2.35. The van der Waals surface area contributed by atoms with Gasteiger partial charge in [0.25, 0.3) is 11.8 Å². The minimum Gasteiger partial charge on any atom is -0.361 e. The van der Waals surface area contributed by atoms with Gasteiger partial charge < -0.3 is 9.88 Å². The lowest BCUT2D eigenvalue weighted by Crippen LogP contribution is -2.23. The highest BCUT2D eigenvalue weighted by molar-refractivity contribution is 6.49. The van der Waals surface area contributed by atoms with Gasteiger partial charge in [-0.15, -0.1) is 0 Å². The second-order valence-corrected chi connectivity index (χ2v) is 7.27. The minimum absolute atomic E-state index is 0.314. The number of nitrogens with zero attached hydrogens (tertiary/aromatic N) is 4. The van der Waals surface area contributed by atoms with Gasteiger partial charge in [0.2, 0.25) is 0 Å². The molecule has 0 spiro atoms. The maximum absolute atomic E-state index is 12.8. The number of fused-ring (bicyclic) bond motifs is 2. The van der Waals surface area contributed by atoms with Gasteiger partial charge >= 0.3 is 0 Å². The predicted octanol–water partition coefficient (Wildman–Crippen LogP) is 1.84. The van der Waals surface area contributed by atoms with Crippen LogP contribution in [0.1, 0.15) is 17.0 Å². The zero-order chi connectivity index (χ0) is 20.1. The van der Waals surface area contributed by atoms with Crippen LogP contribution in [-0.4, -0.2) is 50.2 Å². The van der Waals surface area contributed by atoms with Gasteiger partial charge in [0.1, 0.15) is 0 Å². The number of nitrogens with one attached hydrogen (secondary N) is 2. The summed E-state index contributed by atoms with van der Waals surface area (Å²) in [6, 6.07) is 7.68. The van der Waals surface area contributed by atoms with Crippen molar-refractivity contribution in [3.05, 3.63) is 66.0 Å². The van der Waals surface area contributed by atoms with Gasteiger partial charge in [-0.3, -0.25) is 24.3 Å². The summed E-state index contributed by atoms with van der Waals surface area (Å²) in [4.78, 5) is 39.5. The molecular formula is C21H18N6O2. The Balaban J connectivity index is 1.76. The molecule has 0 aliphatic carbocycles. The van der Waals surface area contributed by atoms with E-state index in [9.17, 15) is 9.59 Å². The van der Waals surface area contributed by atoms with Crippen LogP contribution < -0.4 is 5.32 Å². The zero-order valence-electron chi connectivity index (χ0n) is 15.9. The van der Waals surface area contributed by atoms with Gasteiger partial charge in [-0.05, 0) is 20.2 Å². The molecule has 1 aliphatic heterocycles. The third-order valence-corrected chi connectivity index (χ3v) is 4.97. The Kier molecular flexibility index (Phi) is 3.82. The molecule has 0 saturated heterocycles. The molecule has 0 bridgehead atoms. The quantitative estimate of drug-likeness (QED) is 0.522. The monoisotopic (exact) mass is 386 g/mol. The molecule has 0 radical (unpaired) electrons. The number of para-hydroxylation sites is 1. The van der Waals surface area contributed by atoms with Crippen LogP contribution in [0.4, 0.5) is 0 Å². The summed E-state index contributed by atoms with van der Waals surface area (Å²) < 4.78 is 1.81. The molecule has 0 fully saturated rings. The topological polar surface area (TPSA) is 95.4 Å². The number of hydrogen-bond acceptors (Lipinski definition) is 5. The van der Waals surface area contributed by atoms with Crippen molar-refractivity contribution in [2.24, 2.45) is 0 Å². The molecule has 1 aliphatic rings. The van der Waals surface area contributed by atoms with E-state index in [0.717, 1.165) is 16.6 Å². The Labute approximate surface area is 165 Å². The first kappa shape index (κ1) is 17.3. The number of imidazole rings is 1. The molecule has 8 heteroatoms. The Morgan fingerprint density at radius 1 is 1.03 bits per heavy atom. The summed E-state index contributed by atoms with van der Waals surface area (Å²) >= 11 is 0. The molecule has 2 amide bonds. The van der Waals surface area contributed by atoms with E-state index in [1.807, 2.05) is 53.9 Å². The summed E-state index contributed by atoms with van der Waals surface area (Å²) in [5.41, 5.74) is 4.26. The van der Waals surface area contributed by atoms with Gasteiger partial charge in [0.15, 0.2) is 5.65 Å². The highest BCUT2D eigenvalue weighted by atomic mass is 16.2. The van der Waals surface area contributed by atoms with Gasteiger partial charge in [0.05, 0.1) is 34.9 Å². The van der Waals surface area contributed by atoms with E-state index in [0.29, 0.717) is 34.6 Å². The third kappa shape index (κ3) is 2.73. The van der Waals surface area contributed by atoms with Crippen LogP contribution in [0.25, 0.3) is 27.7 Å². The highest BCUT2D eigenvalue weighted by Crippen LogP contribution is 2.35. The SMILES string of the molecule is CN(C)Cc1cn2c(C3=C(c4c[nH]c5ccccc45)C(=O)NC3=O)cnc2cn1. The molecule has 29 heavy (non-hydrogen) atoms. The van der Waals surface area contributed by atoms with E-state index < -0.39 is 11.8 Å². The second-order valence-electron chi connectivity index (χ2n) is 7.27. The molecule has 0 saturated carbocycles. The average molecular weight is 386 g/mol. The molecule has 2 N–H and O–H groups in total. The van der Waals surface area contributed by atoms with E-state index >= 15 is 0 Å². The van der Waals surface area contributed by atoms with Crippen molar-refractivity contribution < 1.29 is 9.59 Å². The third-order valence-electron chi connectivity index (χ3n) is 4.97. The van der Waals surface area contributed by atoms with Gasteiger partial charge in [0, 0.05) is 35.4 Å². The average Bonchev–Trinajstić information content (AvgIpc) is 3.36. The summed E-state index contributed by atoms with van der Waals surface area (Å²) in [7, 11) is 3.92. The summed E-state index contributed by atoms with van der Waals surface area (Å²) in [5, 5.41) is 3.32. The second kappa shape index (κ2) is 6.39. The van der Waals surface area contributed by atoms with Crippen LogP contribution in [0.2, 0.25) is 0 Å². The number of carbonyl (C=O) groups is 2. The standard InChI is InChI=1S/C21H18N6O2/c1-26(2)10-12-11-27-16(8-24-17(27)9-22-12)19-18(20(28)25-21(19)29)14-7-23-15-6-4-3-5-13(14)15/h3-9,11,23H,10H2,1-2H3,(H,25,28,29). The number of aromatic nitrogens is 4. The van der Waals surface area contributed by atoms with Crippen LogP contribution in [0.15, 0.2) is 49.1 Å². The fourth-order valence-corrected chi connectivity index (χ4v) is 3.75. The molecule has 8 nitrogen and oxygen atoms in total. The number of rotatable bonds is 4. The molecule has 4 heterocycles. The normalized spacial score (nSPS) is 14.6. The predicted molar refractivity (Wildman–Crippen MR) is 109 cm³/mol. The van der Waals surface area contributed by atoms with Crippen LogP contribution in [0, 0.1) is 0 Å². The number of hydrogen-bond donors (Lipinski definition) is 2. The molecule has 5 rings (SSSR count). The maximum atomic E-state index is 12.8. The fraction of sp³-hybridized carbons (Fsp3) is 0.143. The minimum atomic E-state index is -0.428. The van der Waals surface area contributed by atoms with Crippen molar-refractivity contribution in [3.63, 3.8) is 0 Å². The van der Waals surface area contributed by atoms with Crippen molar-refractivity contribution in [1.82, 2.24) is 29.6 Å². The van der Waals surface area contributed by atoms with Crippen LogP contribution in [0.5, 0.6) is 0 Å². The van der Waals surface area contributed by atoms with Crippen molar-refractivity contribution in [3.8, 4) is 0 Å². The van der Waals surface area contributed by atoms with E-state index in [1.54, 1.807) is 18.6 Å². The molecule has 144 valence electrons. The lowest BCUT2D eigenvalue weighted by atomic mass is 9.99. The number of carbonyl (C=O) groups excluding carboxylic acids is 2. The number of benzene rings is 1. The maximum Gasteiger partial charge on any atom is 0.261 e. The van der Waals surface area contributed by atoms with Crippen LogP contribution in [-0.2, 0) is 16.1 Å². The zero-order valence-corrected chi connectivity index (χ0v) is 15.9. The first-order chi connectivity index (χ1) is 14.0. The van der Waals surface area contributed by atoms with Gasteiger partial charge in [-0.25, -0.2) is 4.98 Å². The summed E-state index contributed by atoms with van der Waals surface area (Å²) in [6.45, 7) is 0.646. The van der Waals surface area contributed by atoms with Crippen molar-refractivity contribution >= 4 is 39.5 Å². The molecule has 3 aromatic heterocycles. The number of H-pyrrole nitrogens is 1. The Hall–Kier alpha value is -3.78. The summed E-state index contributed by atoms with van der Waals surface area (Å²) in [5.74, 6) is -0.838. The molecule has 1 aromatic carbocycles. The Morgan fingerprint density at radius 2 is 1.83 bits per heavy atom. The number of aromatic amines is 1. The lowest BCUT2D eigenvalue weighted by Gasteiger charge is -2.10. The van der Waals surface area contributed by atoms with Crippen molar-refractivity contribution in [2.45, 2.75) is 6.54 Å². The molecular weight excluding hydrogens is 368 g/mol. The Bertz CT molecular complexity index is 1330. The van der Waals surface area contributed by atoms with Gasteiger partial charge in [-0.1, -0.05) is 18.2 Å². The largest absolute Gasteiger partial charge is 0.361 e. The van der Waals surface area contributed by atoms with Crippen LogP contribution >= 0.6 is 0 Å². The lowest BCUT2D eigenvalue weighted by molar-refractivity contribution is -0.122. The number of imide groups is 1. The van der Waals surface area contributed by atoms with E-state index in [1.165, 1.54) is 0 Å². The van der Waals surface area contributed by atoms with Gasteiger partial charge in [-0.2, -0.15) is 0 Å². The smallest absolute Gasteiger partial charge is 0.261 e. The first-order valence-electron chi connectivity index (χ1n) is 9.16. The van der Waals surface area contributed by atoms with E-state index in [4.69, 9.17) is 0 Å². The number of amides is 2.